The summed E-state index contributed by atoms with van der Waals surface area (Å²) < 4.78 is 0.768. The fourth-order valence-corrected chi connectivity index (χ4v) is 2.96. The van der Waals surface area contributed by atoms with Crippen molar-refractivity contribution >= 4 is 44.4 Å². The third kappa shape index (κ3) is 3.39. The van der Waals surface area contributed by atoms with Crippen molar-refractivity contribution in [3.05, 3.63) is 37.7 Å². The van der Waals surface area contributed by atoms with E-state index in [2.05, 4.69) is 10.3 Å². The van der Waals surface area contributed by atoms with E-state index in [1.165, 1.54) is 22.4 Å². The fourth-order valence-electron chi connectivity index (χ4n) is 1.21. The van der Waals surface area contributed by atoms with E-state index in [1.54, 1.807) is 0 Å². The highest BCUT2D eigenvalue weighted by Gasteiger charge is 2.10. The molecule has 2 aromatic rings. The minimum absolute atomic E-state index is 0.0478. The molecule has 2 rings (SSSR count). The number of thiophene rings is 1. The Bertz CT molecular complexity index is 526. The van der Waals surface area contributed by atoms with Crippen molar-refractivity contribution in [3.63, 3.8) is 0 Å². The Morgan fingerprint density at radius 3 is 2.88 bits per heavy atom. The molecule has 0 spiro atoms. The highest BCUT2D eigenvalue weighted by atomic mass is 35.5. The van der Waals surface area contributed by atoms with E-state index in [9.17, 15) is 10.1 Å². The first-order chi connectivity index (χ1) is 8.15. The molecule has 0 fully saturated rings. The second-order valence-corrected chi connectivity index (χ2v) is 5.95. The number of halogens is 1. The van der Waals surface area contributed by atoms with Gasteiger partial charge in [-0.1, -0.05) is 11.6 Å². The molecule has 0 aliphatic heterocycles. The zero-order valence-electron chi connectivity index (χ0n) is 8.55. The zero-order valence-corrected chi connectivity index (χ0v) is 10.9. The second kappa shape index (κ2) is 5.44. The van der Waals surface area contributed by atoms with Gasteiger partial charge in [-0.3, -0.25) is 10.1 Å². The van der Waals surface area contributed by atoms with Crippen molar-refractivity contribution in [1.82, 2.24) is 4.98 Å². The molecule has 0 aromatic carbocycles. The molecule has 2 aromatic heterocycles. The summed E-state index contributed by atoms with van der Waals surface area (Å²) >= 11 is 8.38. The van der Waals surface area contributed by atoms with E-state index in [4.69, 9.17) is 11.6 Å². The normalized spacial score (nSPS) is 10.4. The molecule has 0 saturated heterocycles. The quantitative estimate of drug-likeness (QED) is 0.676. The summed E-state index contributed by atoms with van der Waals surface area (Å²) in [6, 6.07) is 3.83. The Balaban J connectivity index is 1.83. The lowest BCUT2D eigenvalue weighted by atomic mass is 10.3. The molecular formula is C9H8ClN3O2S2. The first kappa shape index (κ1) is 12.3. The molecule has 0 aliphatic rings. The van der Waals surface area contributed by atoms with Crippen LogP contribution in [0.4, 0.5) is 10.1 Å². The lowest BCUT2D eigenvalue weighted by molar-refractivity contribution is -0.380. The van der Waals surface area contributed by atoms with Crippen LogP contribution < -0.4 is 5.32 Å². The van der Waals surface area contributed by atoms with Crippen LogP contribution in [0.2, 0.25) is 4.34 Å². The molecule has 0 aliphatic carbocycles. The molecule has 0 unspecified atom stereocenters. The van der Waals surface area contributed by atoms with Gasteiger partial charge >= 0.3 is 5.00 Å². The largest absolute Gasteiger partial charge is 0.361 e. The number of hydrogen-bond acceptors (Lipinski definition) is 6. The predicted molar refractivity (Wildman–Crippen MR) is 70.3 cm³/mol. The van der Waals surface area contributed by atoms with Crippen LogP contribution in [0.5, 0.6) is 0 Å². The Hall–Kier alpha value is -1.18. The van der Waals surface area contributed by atoms with Gasteiger partial charge in [0, 0.05) is 11.4 Å². The first-order valence-corrected chi connectivity index (χ1v) is 6.74. The molecule has 0 bridgehead atoms. The van der Waals surface area contributed by atoms with Crippen LogP contribution in [0, 0.1) is 10.1 Å². The van der Waals surface area contributed by atoms with Gasteiger partial charge in [-0.25, -0.2) is 4.98 Å². The molecule has 8 heteroatoms. The number of anilines is 1. The topological polar surface area (TPSA) is 68.1 Å². The summed E-state index contributed by atoms with van der Waals surface area (Å²) in [5.41, 5.74) is 0. The van der Waals surface area contributed by atoms with Crippen LogP contribution in [0.25, 0.3) is 0 Å². The molecule has 0 saturated carbocycles. The van der Waals surface area contributed by atoms with Crippen molar-refractivity contribution in [2.75, 3.05) is 11.9 Å². The van der Waals surface area contributed by atoms with E-state index in [0.29, 0.717) is 11.7 Å². The molecule has 0 amide bonds. The summed E-state index contributed by atoms with van der Waals surface area (Å²) in [5.74, 6) is 0. The maximum absolute atomic E-state index is 10.4. The standard InChI is InChI=1S/C9H8ClN3O2S2/c10-7-2-1-6(16-7)3-4-11-9-12-5-8(17-9)13(14)15/h1-2,5H,3-4H2,(H,11,12). The minimum atomic E-state index is -0.443. The van der Waals surface area contributed by atoms with Gasteiger partial charge in [0.05, 0.1) is 9.26 Å². The smallest absolute Gasteiger partial charge is 0.345 e. The summed E-state index contributed by atoms with van der Waals surface area (Å²) in [6.07, 6.45) is 2.08. The van der Waals surface area contributed by atoms with E-state index in [0.717, 1.165) is 22.1 Å². The molecule has 1 N–H and O–H groups in total. The SMILES string of the molecule is O=[N+]([O-])c1cnc(NCCc2ccc(Cl)s2)s1. The monoisotopic (exact) mass is 289 g/mol. The third-order valence-electron chi connectivity index (χ3n) is 1.95. The lowest BCUT2D eigenvalue weighted by Crippen LogP contribution is -2.02. The lowest BCUT2D eigenvalue weighted by Gasteiger charge is -1.99. The van der Waals surface area contributed by atoms with E-state index in [-0.39, 0.29) is 5.00 Å². The zero-order chi connectivity index (χ0) is 12.3. The maximum atomic E-state index is 10.4. The number of thiazole rings is 1. The summed E-state index contributed by atoms with van der Waals surface area (Å²) in [5, 5.41) is 14.1. The van der Waals surface area contributed by atoms with Crippen LogP contribution in [-0.4, -0.2) is 16.5 Å². The van der Waals surface area contributed by atoms with E-state index >= 15 is 0 Å². The number of aromatic nitrogens is 1. The number of nitro groups is 1. The van der Waals surface area contributed by atoms with Gasteiger partial charge in [-0.05, 0) is 29.9 Å². The van der Waals surface area contributed by atoms with Crippen molar-refractivity contribution < 1.29 is 4.92 Å². The third-order valence-corrected chi connectivity index (χ3v) is 4.15. The van der Waals surface area contributed by atoms with Gasteiger partial charge in [-0.15, -0.1) is 11.3 Å². The maximum Gasteiger partial charge on any atom is 0.345 e. The van der Waals surface area contributed by atoms with Gasteiger partial charge in [0.1, 0.15) is 6.20 Å². The van der Waals surface area contributed by atoms with Crippen molar-refractivity contribution in [2.45, 2.75) is 6.42 Å². The van der Waals surface area contributed by atoms with Crippen molar-refractivity contribution in [2.24, 2.45) is 0 Å². The average Bonchev–Trinajstić information content (AvgIpc) is 2.88. The Morgan fingerprint density at radius 2 is 2.29 bits per heavy atom. The van der Waals surface area contributed by atoms with Crippen LogP contribution in [0.1, 0.15) is 4.88 Å². The Morgan fingerprint density at radius 1 is 1.47 bits per heavy atom. The summed E-state index contributed by atoms with van der Waals surface area (Å²) in [7, 11) is 0. The van der Waals surface area contributed by atoms with E-state index < -0.39 is 4.92 Å². The van der Waals surface area contributed by atoms with Gasteiger partial charge in [-0.2, -0.15) is 0 Å². The number of hydrogen-bond donors (Lipinski definition) is 1. The van der Waals surface area contributed by atoms with Crippen LogP contribution in [-0.2, 0) is 6.42 Å². The highest BCUT2D eigenvalue weighted by molar-refractivity contribution is 7.18. The number of nitrogens with one attached hydrogen (secondary N) is 1. The van der Waals surface area contributed by atoms with Crippen LogP contribution in [0.3, 0.4) is 0 Å². The first-order valence-electron chi connectivity index (χ1n) is 4.73. The van der Waals surface area contributed by atoms with Crippen LogP contribution >= 0.6 is 34.3 Å². The second-order valence-electron chi connectivity index (χ2n) is 3.14. The van der Waals surface area contributed by atoms with Crippen molar-refractivity contribution in [1.29, 1.82) is 0 Å². The van der Waals surface area contributed by atoms with Crippen LogP contribution in [0.15, 0.2) is 18.3 Å². The van der Waals surface area contributed by atoms with Gasteiger partial charge in [0.25, 0.3) is 0 Å². The molecule has 0 radical (unpaired) electrons. The highest BCUT2D eigenvalue weighted by Crippen LogP contribution is 2.25. The number of nitrogens with zero attached hydrogens (tertiary/aromatic N) is 2. The molecule has 5 nitrogen and oxygen atoms in total. The van der Waals surface area contributed by atoms with Gasteiger partial charge < -0.3 is 5.32 Å². The van der Waals surface area contributed by atoms with Crippen molar-refractivity contribution in [3.8, 4) is 0 Å². The molecule has 90 valence electrons. The average molecular weight is 290 g/mol. The van der Waals surface area contributed by atoms with E-state index in [1.807, 2.05) is 12.1 Å². The Kier molecular flexibility index (Phi) is 3.93. The molecular weight excluding hydrogens is 282 g/mol. The minimum Gasteiger partial charge on any atom is -0.361 e. The van der Waals surface area contributed by atoms with Gasteiger partial charge in [0.2, 0.25) is 0 Å². The van der Waals surface area contributed by atoms with Gasteiger partial charge in [0.15, 0.2) is 5.13 Å². The summed E-state index contributed by atoms with van der Waals surface area (Å²) in [6.45, 7) is 0.682. The Labute approximate surface area is 110 Å². The number of rotatable bonds is 5. The fraction of sp³-hybridized carbons (Fsp3) is 0.222. The molecule has 0 atom stereocenters. The predicted octanol–water partition coefficient (Wildman–Crippen LogP) is 3.42. The summed E-state index contributed by atoms with van der Waals surface area (Å²) in [4.78, 5) is 15.1. The molecule has 17 heavy (non-hydrogen) atoms. The molecule has 2 heterocycles.